The quantitative estimate of drug-likeness (QED) is 0.585. The highest BCUT2D eigenvalue weighted by atomic mass is 16.6. The van der Waals surface area contributed by atoms with Crippen LogP contribution in [0.3, 0.4) is 0 Å². The molecule has 0 aliphatic carbocycles. The van der Waals surface area contributed by atoms with Gasteiger partial charge in [0.2, 0.25) is 5.91 Å². The molecule has 5 atom stereocenters. The lowest BCUT2D eigenvalue weighted by Crippen LogP contribution is -2.49. The first-order valence-electron chi connectivity index (χ1n) is 9.33. The number of aliphatic hydroxyl groups excluding tert-OH is 1. The van der Waals surface area contributed by atoms with Crippen LogP contribution in [0.4, 0.5) is 4.79 Å². The number of aliphatic hydroxyl groups is 1. The molecule has 3 amide bonds. The maximum atomic E-state index is 12.1. The molecule has 0 saturated carbocycles. The summed E-state index contributed by atoms with van der Waals surface area (Å²) in [5.74, 6) is -0.0613. The van der Waals surface area contributed by atoms with E-state index in [0.717, 1.165) is 0 Å². The van der Waals surface area contributed by atoms with Gasteiger partial charge in [-0.2, -0.15) is 0 Å². The number of rotatable bonds is 5. The highest BCUT2D eigenvalue weighted by Gasteiger charge is 2.50. The summed E-state index contributed by atoms with van der Waals surface area (Å²) < 4.78 is 16.9. The Hall–Kier alpha value is -1.42. The lowest BCUT2D eigenvalue weighted by molar-refractivity contribution is -0.125. The van der Waals surface area contributed by atoms with Crippen LogP contribution in [0.15, 0.2) is 0 Å². The number of urea groups is 1. The monoisotopic (exact) mass is 371 g/mol. The first kappa shape index (κ1) is 19.3. The molecule has 3 aliphatic rings. The third kappa shape index (κ3) is 4.64. The summed E-state index contributed by atoms with van der Waals surface area (Å²) in [5, 5.41) is 16.1. The van der Waals surface area contributed by atoms with Crippen LogP contribution in [0.2, 0.25) is 0 Å². The van der Waals surface area contributed by atoms with Crippen molar-refractivity contribution < 1.29 is 28.9 Å². The van der Waals surface area contributed by atoms with Gasteiger partial charge in [-0.25, -0.2) is 4.79 Å². The zero-order valence-corrected chi connectivity index (χ0v) is 15.3. The molecule has 9 heteroatoms. The van der Waals surface area contributed by atoms with Gasteiger partial charge in [0.05, 0.1) is 31.8 Å². The molecule has 0 spiro atoms. The second kappa shape index (κ2) is 8.51. The summed E-state index contributed by atoms with van der Waals surface area (Å²) in [5.41, 5.74) is 0. The number of carbonyl (C=O) groups is 2. The number of morpholine rings is 1. The molecule has 0 aromatic rings. The predicted octanol–water partition coefficient (Wildman–Crippen LogP) is -0.771. The second-order valence-electron chi connectivity index (χ2n) is 7.37. The van der Waals surface area contributed by atoms with Gasteiger partial charge in [-0.15, -0.1) is 0 Å². The van der Waals surface area contributed by atoms with Crippen molar-refractivity contribution in [3.63, 3.8) is 0 Å². The average Bonchev–Trinajstić information content (AvgIpc) is 3.11. The molecule has 3 heterocycles. The smallest absolute Gasteiger partial charge is 0.317 e. The van der Waals surface area contributed by atoms with E-state index in [0.29, 0.717) is 32.7 Å². The van der Waals surface area contributed by atoms with Crippen LogP contribution in [-0.2, 0) is 19.0 Å². The highest BCUT2D eigenvalue weighted by Crippen LogP contribution is 2.35. The molecule has 0 aromatic carbocycles. The largest absolute Gasteiger partial charge is 0.388 e. The molecular formula is C17H29N3O6. The van der Waals surface area contributed by atoms with Crippen LogP contribution in [0.5, 0.6) is 0 Å². The van der Waals surface area contributed by atoms with E-state index in [4.69, 9.17) is 14.2 Å². The molecule has 3 fully saturated rings. The van der Waals surface area contributed by atoms with Crippen LogP contribution >= 0.6 is 0 Å². The summed E-state index contributed by atoms with van der Waals surface area (Å²) in [6.45, 7) is 6.25. The van der Waals surface area contributed by atoms with Crippen molar-refractivity contribution >= 4 is 11.9 Å². The number of hydrogen-bond donors (Lipinski definition) is 3. The van der Waals surface area contributed by atoms with E-state index in [2.05, 4.69) is 10.6 Å². The van der Waals surface area contributed by atoms with Crippen LogP contribution in [0, 0.1) is 0 Å². The third-order valence-electron chi connectivity index (χ3n) is 4.89. The molecule has 0 aromatic heterocycles. The van der Waals surface area contributed by atoms with Gasteiger partial charge in [0.1, 0.15) is 18.3 Å². The Bertz CT molecular complexity index is 511. The first-order chi connectivity index (χ1) is 12.4. The maximum absolute atomic E-state index is 12.1. The molecular weight excluding hydrogens is 342 g/mol. The molecule has 9 nitrogen and oxygen atoms in total. The van der Waals surface area contributed by atoms with Gasteiger partial charge in [-0.1, -0.05) is 0 Å². The first-order valence-corrected chi connectivity index (χ1v) is 9.33. The van der Waals surface area contributed by atoms with Crippen molar-refractivity contribution in [2.24, 2.45) is 0 Å². The molecule has 3 N–H and O–H groups in total. The molecule has 26 heavy (non-hydrogen) atoms. The summed E-state index contributed by atoms with van der Waals surface area (Å²) in [6.07, 6.45) is -1.42. The SMILES string of the molecule is CC(C)NC(=O)C[C@@H]1C[C@H]2O[C@H](CNC(=O)N3CCOCC3)[C@@H](O)[C@H]2O1. The van der Waals surface area contributed by atoms with Crippen LogP contribution in [0.25, 0.3) is 0 Å². The van der Waals surface area contributed by atoms with Crippen LogP contribution < -0.4 is 10.6 Å². The minimum absolute atomic E-state index is 0.0613. The van der Waals surface area contributed by atoms with Crippen LogP contribution in [-0.4, -0.2) is 91.4 Å². The van der Waals surface area contributed by atoms with Gasteiger partial charge in [0, 0.05) is 32.1 Å². The lowest BCUT2D eigenvalue weighted by Gasteiger charge is -2.28. The van der Waals surface area contributed by atoms with Gasteiger partial charge >= 0.3 is 6.03 Å². The number of ether oxygens (including phenoxy) is 3. The number of amides is 3. The Kier molecular flexibility index (Phi) is 6.33. The molecule has 3 aliphatic heterocycles. The molecule has 148 valence electrons. The van der Waals surface area contributed by atoms with Gasteiger partial charge in [0.15, 0.2) is 0 Å². The molecule has 0 unspecified atom stereocenters. The number of nitrogens with zero attached hydrogens (tertiary/aromatic N) is 1. The second-order valence-corrected chi connectivity index (χ2v) is 7.37. The zero-order valence-electron chi connectivity index (χ0n) is 15.3. The minimum atomic E-state index is -0.817. The molecule has 0 radical (unpaired) electrons. The fourth-order valence-electron chi connectivity index (χ4n) is 3.66. The predicted molar refractivity (Wildman–Crippen MR) is 91.6 cm³/mol. The minimum Gasteiger partial charge on any atom is -0.388 e. The highest BCUT2D eigenvalue weighted by molar-refractivity contribution is 5.76. The van der Waals surface area contributed by atoms with E-state index < -0.39 is 18.3 Å². The van der Waals surface area contributed by atoms with Crippen molar-refractivity contribution in [2.75, 3.05) is 32.8 Å². The zero-order chi connectivity index (χ0) is 18.7. The van der Waals surface area contributed by atoms with Crippen molar-refractivity contribution in [3.05, 3.63) is 0 Å². The Balaban J connectivity index is 1.41. The lowest BCUT2D eigenvalue weighted by atomic mass is 10.1. The summed E-state index contributed by atoms with van der Waals surface area (Å²) >= 11 is 0. The Morgan fingerprint density at radius 3 is 2.62 bits per heavy atom. The van der Waals surface area contributed by atoms with E-state index in [-0.39, 0.29) is 43.2 Å². The maximum Gasteiger partial charge on any atom is 0.317 e. The van der Waals surface area contributed by atoms with E-state index in [1.54, 1.807) is 4.90 Å². The number of nitrogens with one attached hydrogen (secondary N) is 2. The van der Waals surface area contributed by atoms with Crippen molar-refractivity contribution in [1.82, 2.24) is 15.5 Å². The van der Waals surface area contributed by atoms with Crippen LogP contribution in [0.1, 0.15) is 26.7 Å². The summed E-state index contributed by atoms with van der Waals surface area (Å²) in [7, 11) is 0. The van der Waals surface area contributed by atoms with Gasteiger partial charge in [-0.05, 0) is 13.8 Å². The Morgan fingerprint density at radius 2 is 1.96 bits per heavy atom. The van der Waals surface area contributed by atoms with E-state index >= 15 is 0 Å². The molecule has 3 rings (SSSR count). The fourth-order valence-corrected chi connectivity index (χ4v) is 3.66. The Morgan fingerprint density at radius 1 is 1.23 bits per heavy atom. The van der Waals surface area contributed by atoms with Crippen molar-refractivity contribution in [3.8, 4) is 0 Å². The van der Waals surface area contributed by atoms with Crippen molar-refractivity contribution in [1.29, 1.82) is 0 Å². The van der Waals surface area contributed by atoms with E-state index in [1.165, 1.54) is 0 Å². The van der Waals surface area contributed by atoms with E-state index in [1.807, 2.05) is 13.8 Å². The third-order valence-corrected chi connectivity index (χ3v) is 4.89. The molecule has 0 bridgehead atoms. The van der Waals surface area contributed by atoms with Crippen molar-refractivity contribution in [2.45, 2.75) is 63.3 Å². The number of fused-ring (bicyclic) bond motifs is 1. The summed E-state index contributed by atoms with van der Waals surface area (Å²) in [6, 6.07) is -0.0880. The van der Waals surface area contributed by atoms with Gasteiger partial charge < -0.3 is 34.9 Å². The Labute approximate surface area is 153 Å². The number of hydrogen-bond acceptors (Lipinski definition) is 6. The fraction of sp³-hybridized carbons (Fsp3) is 0.882. The summed E-state index contributed by atoms with van der Waals surface area (Å²) in [4.78, 5) is 25.6. The topological polar surface area (TPSA) is 109 Å². The number of carbonyl (C=O) groups excluding carboxylic acids is 2. The molecule has 3 saturated heterocycles. The average molecular weight is 371 g/mol. The standard InChI is InChI=1S/C17H29N3O6/c1-10(2)19-14(21)8-11-7-12-16(25-11)15(22)13(26-12)9-18-17(23)20-3-5-24-6-4-20/h10-13,15-16,22H,3-9H2,1-2H3,(H,18,23)(H,19,21)/t11-,12+,13+,15+,16-/m0/s1. The van der Waals surface area contributed by atoms with Gasteiger partial charge in [-0.3, -0.25) is 4.79 Å². The normalized spacial score (nSPS) is 34.0. The van der Waals surface area contributed by atoms with Gasteiger partial charge in [0.25, 0.3) is 0 Å². The van der Waals surface area contributed by atoms with E-state index in [9.17, 15) is 14.7 Å².